The minimum atomic E-state index is -0.587. The second-order valence-corrected chi connectivity index (χ2v) is 5.63. The van der Waals surface area contributed by atoms with Crippen LogP contribution >= 0.6 is 0 Å². The van der Waals surface area contributed by atoms with Crippen LogP contribution in [0, 0.1) is 11.3 Å². The number of nitriles is 1. The van der Waals surface area contributed by atoms with E-state index in [1.165, 1.54) is 24.3 Å². The number of carbonyl (C=O) groups excluding carboxylic acids is 2. The lowest BCUT2D eigenvalue weighted by molar-refractivity contribution is 0.0265. The molecular formula is C21H23NO4. The van der Waals surface area contributed by atoms with Crippen LogP contribution in [0.2, 0.25) is 0 Å². The summed E-state index contributed by atoms with van der Waals surface area (Å²) in [6.07, 6.45) is 6.29. The lowest BCUT2D eigenvalue weighted by atomic mass is 10.1. The lowest BCUT2D eigenvalue weighted by Crippen LogP contribution is -2.18. The topological polar surface area (TPSA) is 76.4 Å². The van der Waals surface area contributed by atoms with Crippen LogP contribution in [0.5, 0.6) is 0 Å². The van der Waals surface area contributed by atoms with Crippen LogP contribution in [-0.2, 0) is 9.47 Å². The summed E-state index contributed by atoms with van der Waals surface area (Å²) in [6, 6.07) is 7.78. The van der Waals surface area contributed by atoms with Crippen molar-refractivity contribution >= 4 is 11.9 Å². The Morgan fingerprint density at radius 2 is 1.54 bits per heavy atom. The normalized spacial score (nSPS) is 9.85. The SMILES string of the molecule is C=CCCC(CCC=C)OC(=O)c1ccc(C(=O)OCC(=C)C#N)cc1. The van der Waals surface area contributed by atoms with E-state index in [0.29, 0.717) is 18.4 Å². The maximum atomic E-state index is 12.3. The first-order valence-electron chi connectivity index (χ1n) is 8.29. The second-order valence-electron chi connectivity index (χ2n) is 5.63. The van der Waals surface area contributed by atoms with Crippen molar-refractivity contribution in [3.05, 3.63) is 72.9 Å². The highest BCUT2D eigenvalue weighted by Gasteiger charge is 2.16. The third-order valence-corrected chi connectivity index (χ3v) is 3.55. The third kappa shape index (κ3) is 7.18. The summed E-state index contributed by atoms with van der Waals surface area (Å²) in [6.45, 7) is 10.6. The largest absolute Gasteiger partial charge is 0.459 e. The van der Waals surface area contributed by atoms with Gasteiger partial charge in [-0.15, -0.1) is 13.2 Å². The molecule has 1 rings (SSSR count). The highest BCUT2D eigenvalue weighted by Crippen LogP contribution is 2.15. The van der Waals surface area contributed by atoms with E-state index in [-0.39, 0.29) is 23.8 Å². The first kappa shape index (κ1) is 20.9. The van der Waals surface area contributed by atoms with Crippen LogP contribution in [0.4, 0.5) is 0 Å². The molecule has 0 fully saturated rings. The Morgan fingerprint density at radius 3 is 2.00 bits per heavy atom. The number of hydrogen-bond donors (Lipinski definition) is 0. The molecule has 0 aromatic heterocycles. The van der Waals surface area contributed by atoms with Crippen molar-refractivity contribution in [3.63, 3.8) is 0 Å². The number of benzene rings is 1. The van der Waals surface area contributed by atoms with Gasteiger partial charge in [0.2, 0.25) is 0 Å². The molecule has 5 heteroatoms. The van der Waals surface area contributed by atoms with Crippen LogP contribution < -0.4 is 0 Å². The van der Waals surface area contributed by atoms with Gasteiger partial charge in [0.05, 0.1) is 22.8 Å². The minimum absolute atomic E-state index is 0.156. The molecule has 0 atom stereocenters. The summed E-state index contributed by atoms with van der Waals surface area (Å²) in [5.74, 6) is -1.03. The van der Waals surface area contributed by atoms with Crippen LogP contribution in [0.15, 0.2) is 61.7 Å². The van der Waals surface area contributed by atoms with Gasteiger partial charge in [0.25, 0.3) is 0 Å². The third-order valence-electron chi connectivity index (χ3n) is 3.55. The van der Waals surface area contributed by atoms with Gasteiger partial charge in [-0.2, -0.15) is 5.26 Å². The van der Waals surface area contributed by atoms with Crippen molar-refractivity contribution in [1.29, 1.82) is 5.26 Å². The molecule has 1 aromatic rings. The zero-order valence-corrected chi connectivity index (χ0v) is 14.8. The van der Waals surface area contributed by atoms with Gasteiger partial charge in [-0.25, -0.2) is 9.59 Å². The maximum Gasteiger partial charge on any atom is 0.338 e. The summed E-state index contributed by atoms with van der Waals surface area (Å²) in [5.41, 5.74) is 0.788. The Morgan fingerprint density at radius 1 is 1.04 bits per heavy atom. The van der Waals surface area contributed by atoms with Gasteiger partial charge in [-0.05, 0) is 49.9 Å². The van der Waals surface area contributed by atoms with Crippen molar-refractivity contribution in [2.45, 2.75) is 31.8 Å². The molecule has 0 spiro atoms. The zero-order valence-electron chi connectivity index (χ0n) is 14.8. The van der Waals surface area contributed by atoms with Crippen molar-refractivity contribution < 1.29 is 19.1 Å². The maximum absolute atomic E-state index is 12.3. The monoisotopic (exact) mass is 353 g/mol. The summed E-state index contributed by atoms with van der Waals surface area (Å²) < 4.78 is 10.5. The average Bonchev–Trinajstić information content (AvgIpc) is 2.67. The fourth-order valence-electron chi connectivity index (χ4n) is 2.10. The molecular weight excluding hydrogens is 330 g/mol. The number of ether oxygens (including phenoxy) is 2. The van der Waals surface area contributed by atoms with Gasteiger partial charge in [-0.1, -0.05) is 18.7 Å². The van der Waals surface area contributed by atoms with E-state index in [0.717, 1.165) is 12.8 Å². The predicted octanol–water partition coefficient (Wildman–Crippen LogP) is 4.38. The summed E-state index contributed by atoms with van der Waals surface area (Å²) in [7, 11) is 0. The van der Waals surface area contributed by atoms with E-state index >= 15 is 0 Å². The zero-order chi connectivity index (χ0) is 19.4. The van der Waals surface area contributed by atoms with E-state index in [9.17, 15) is 9.59 Å². The number of hydrogen-bond acceptors (Lipinski definition) is 5. The van der Waals surface area contributed by atoms with E-state index in [1.54, 1.807) is 18.2 Å². The number of nitrogens with zero attached hydrogens (tertiary/aromatic N) is 1. The molecule has 0 N–H and O–H groups in total. The number of carbonyl (C=O) groups is 2. The fraction of sp³-hybridized carbons (Fsp3) is 0.286. The summed E-state index contributed by atoms with van der Waals surface area (Å²) >= 11 is 0. The molecule has 0 aliphatic carbocycles. The molecule has 0 heterocycles. The molecule has 0 unspecified atom stereocenters. The lowest BCUT2D eigenvalue weighted by Gasteiger charge is -2.16. The van der Waals surface area contributed by atoms with Crippen molar-refractivity contribution in [2.24, 2.45) is 0 Å². The minimum Gasteiger partial charge on any atom is -0.459 e. The van der Waals surface area contributed by atoms with Gasteiger partial charge >= 0.3 is 11.9 Å². The molecule has 26 heavy (non-hydrogen) atoms. The first-order valence-corrected chi connectivity index (χ1v) is 8.29. The van der Waals surface area contributed by atoms with Crippen molar-refractivity contribution in [1.82, 2.24) is 0 Å². The van der Waals surface area contributed by atoms with Gasteiger partial charge in [0, 0.05) is 0 Å². The summed E-state index contributed by atoms with van der Waals surface area (Å²) in [4.78, 5) is 24.1. The predicted molar refractivity (Wildman–Crippen MR) is 99.5 cm³/mol. The highest BCUT2D eigenvalue weighted by molar-refractivity contribution is 5.93. The van der Waals surface area contributed by atoms with E-state index < -0.39 is 11.9 Å². The Balaban J connectivity index is 2.67. The molecule has 0 aliphatic heterocycles. The molecule has 136 valence electrons. The number of esters is 2. The fourth-order valence-corrected chi connectivity index (χ4v) is 2.10. The Hall–Kier alpha value is -3.13. The van der Waals surface area contributed by atoms with Crippen molar-refractivity contribution in [2.75, 3.05) is 6.61 Å². The smallest absolute Gasteiger partial charge is 0.338 e. The molecule has 0 bridgehead atoms. The Kier molecular flexibility index (Phi) is 9.19. The first-order chi connectivity index (χ1) is 12.5. The average molecular weight is 353 g/mol. The van der Waals surface area contributed by atoms with E-state index in [4.69, 9.17) is 14.7 Å². The van der Waals surface area contributed by atoms with Gasteiger partial charge < -0.3 is 9.47 Å². The van der Waals surface area contributed by atoms with Crippen LogP contribution in [-0.4, -0.2) is 24.6 Å². The second kappa shape index (κ2) is 11.4. The highest BCUT2D eigenvalue weighted by atomic mass is 16.5. The Labute approximate surface area is 154 Å². The van der Waals surface area contributed by atoms with Gasteiger partial charge in [0.15, 0.2) is 0 Å². The van der Waals surface area contributed by atoms with E-state index in [2.05, 4.69) is 19.7 Å². The summed E-state index contributed by atoms with van der Waals surface area (Å²) in [5, 5.41) is 8.59. The van der Waals surface area contributed by atoms with Crippen molar-refractivity contribution in [3.8, 4) is 6.07 Å². The quantitative estimate of drug-likeness (QED) is 0.335. The molecule has 0 amide bonds. The van der Waals surface area contributed by atoms with Crippen LogP contribution in [0.25, 0.3) is 0 Å². The van der Waals surface area contributed by atoms with E-state index in [1.807, 2.05) is 0 Å². The molecule has 1 aromatic carbocycles. The molecule has 0 radical (unpaired) electrons. The van der Waals surface area contributed by atoms with Crippen LogP contribution in [0.1, 0.15) is 46.4 Å². The number of allylic oxidation sites excluding steroid dienone is 2. The molecule has 0 aliphatic rings. The molecule has 0 saturated carbocycles. The van der Waals surface area contributed by atoms with Gasteiger partial charge in [-0.3, -0.25) is 0 Å². The standard InChI is InChI=1S/C21H23NO4/c1-4-6-8-19(9-7-5-2)26-21(24)18-12-10-17(11-13-18)20(23)25-15-16(3)14-22/h4-5,10-13,19H,1-3,6-9,15H2. The van der Waals surface area contributed by atoms with Crippen LogP contribution in [0.3, 0.4) is 0 Å². The van der Waals surface area contributed by atoms with Gasteiger partial charge in [0.1, 0.15) is 12.7 Å². The molecule has 0 saturated heterocycles. The number of rotatable bonds is 11. The Bertz CT molecular complexity index is 686. The molecule has 5 nitrogen and oxygen atoms in total.